The second-order valence-corrected chi connectivity index (χ2v) is 4.53. The molecule has 1 saturated carbocycles. The fourth-order valence-corrected chi connectivity index (χ4v) is 2.25. The summed E-state index contributed by atoms with van der Waals surface area (Å²) in [5.74, 6) is -1.40. The third-order valence-electron chi connectivity index (χ3n) is 3.29. The van der Waals surface area contributed by atoms with Crippen molar-refractivity contribution in [2.24, 2.45) is 0 Å². The maximum absolute atomic E-state index is 12.0. The van der Waals surface area contributed by atoms with E-state index < -0.39 is 17.4 Å². The van der Waals surface area contributed by atoms with Crippen LogP contribution < -0.4 is 5.32 Å². The molecule has 2 N–H and O–H groups in total. The minimum absolute atomic E-state index is 0.281. The Morgan fingerprint density at radius 2 is 1.78 bits per heavy atom. The van der Waals surface area contributed by atoms with Crippen molar-refractivity contribution in [3.63, 3.8) is 0 Å². The summed E-state index contributed by atoms with van der Waals surface area (Å²) in [5.41, 5.74) is -0.853. The molecule has 1 fully saturated rings. The average Bonchev–Trinajstić information content (AvgIpc) is 2.40. The summed E-state index contributed by atoms with van der Waals surface area (Å²) in [6.45, 7) is 0. The molecule has 2 rings (SSSR count). The molecule has 0 unspecified atom stereocenters. The molecule has 1 aromatic rings. The lowest BCUT2D eigenvalue weighted by Gasteiger charge is -2.33. The van der Waals surface area contributed by atoms with Crippen molar-refractivity contribution in [3.8, 4) is 0 Å². The molecule has 0 bridgehead atoms. The molecule has 0 aromatic carbocycles. The number of rotatable bonds is 3. The molecule has 0 radical (unpaired) electrons. The highest BCUT2D eigenvalue weighted by Crippen LogP contribution is 2.28. The molecule has 6 nitrogen and oxygen atoms in total. The minimum atomic E-state index is -1.13. The number of carboxylic acid groups (broad SMARTS) is 1. The van der Waals surface area contributed by atoms with E-state index in [0.717, 1.165) is 19.3 Å². The Labute approximate surface area is 104 Å². The van der Waals surface area contributed by atoms with Gasteiger partial charge in [-0.2, -0.15) is 0 Å². The van der Waals surface area contributed by atoms with E-state index in [1.54, 1.807) is 0 Å². The van der Waals surface area contributed by atoms with Crippen molar-refractivity contribution in [1.29, 1.82) is 0 Å². The molecule has 1 aromatic heterocycles. The first-order chi connectivity index (χ1) is 8.64. The highest BCUT2D eigenvalue weighted by molar-refractivity contribution is 5.97. The van der Waals surface area contributed by atoms with Gasteiger partial charge in [-0.15, -0.1) is 0 Å². The highest BCUT2D eigenvalue weighted by atomic mass is 16.4. The molecule has 1 amide bonds. The number of aliphatic carboxylic acids is 1. The van der Waals surface area contributed by atoms with Gasteiger partial charge >= 0.3 is 5.97 Å². The Bertz CT molecular complexity index is 441. The first-order valence-corrected chi connectivity index (χ1v) is 5.95. The van der Waals surface area contributed by atoms with E-state index in [1.165, 1.54) is 18.7 Å². The molecule has 1 aliphatic rings. The van der Waals surface area contributed by atoms with Gasteiger partial charge in [-0.1, -0.05) is 19.3 Å². The third kappa shape index (κ3) is 2.47. The largest absolute Gasteiger partial charge is 0.480 e. The summed E-state index contributed by atoms with van der Waals surface area (Å²) in [7, 11) is 0. The van der Waals surface area contributed by atoms with Crippen LogP contribution in [0.1, 0.15) is 42.5 Å². The average molecular weight is 249 g/mol. The van der Waals surface area contributed by atoms with Gasteiger partial charge in [-0.05, 0) is 12.8 Å². The number of carbonyl (C=O) groups is 2. The maximum Gasteiger partial charge on any atom is 0.329 e. The Balaban J connectivity index is 2.15. The van der Waals surface area contributed by atoms with Crippen LogP contribution in [-0.4, -0.2) is 32.5 Å². The number of carbonyl (C=O) groups excluding carboxylic acids is 1. The summed E-state index contributed by atoms with van der Waals surface area (Å²) < 4.78 is 0. The van der Waals surface area contributed by atoms with Crippen LogP contribution in [0.3, 0.4) is 0 Å². The van der Waals surface area contributed by atoms with Crippen LogP contribution in [0.4, 0.5) is 0 Å². The van der Waals surface area contributed by atoms with Crippen molar-refractivity contribution < 1.29 is 14.7 Å². The van der Waals surface area contributed by atoms with Gasteiger partial charge in [-0.3, -0.25) is 4.79 Å². The predicted octanol–water partition coefficient (Wildman–Crippen LogP) is 0.994. The van der Waals surface area contributed by atoms with Crippen LogP contribution in [-0.2, 0) is 4.79 Å². The molecule has 0 spiro atoms. The Hall–Kier alpha value is -1.98. The molecule has 18 heavy (non-hydrogen) atoms. The normalized spacial score (nSPS) is 18.0. The van der Waals surface area contributed by atoms with Gasteiger partial charge < -0.3 is 10.4 Å². The number of hydrogen-bond donors (Lipinski definition) is 2. The topological polar surface area (TPSA) is 92.2 Å². The van der Waals surface area contributed by atoms with Crippen molar-refractivity contribution in [2.45, 2.75) is 37.6 Å². The molecule has 96 valence electrons. The summed E-state index contributed by atoms with van der Waals surface area (Å²) >= 11 is 0. The molecule has 0 saturated heterocycles. The van der Waals surface area contributed by atoms with Crippen molar-refractivity contribution in [2.75, 3.05) is 0 Å². The van der Waals surface area contributed by atoms with E-state index >= 15 is 0 Å². The minimum Gasteiger partial charge on any atom is -0.480 e. The summed E-state index contributed by atoms with van der Waals surface area (Å²) in [6.07, 6.45) is 7.67. The zero-order chi connectivity index (χ0) is 13.0. The van der Waals surface area contributed by atoms with Gasteiger partial charge in [0, 0.05) is 12.4 Å². The number of aromatic nitrogens is 2. The van der Waals surface area contributed by atoms with E-state index in [1.807, 2.05) is 0 Å². The third-order valence-corrected chi connectivity index (χ3v) is 3.29. The Kier molecular flexibility index (Phi) is 3.55. The summed E-state index contributed by atoms with van der Waals surface area (Å²) in [4.78, 5) is 30.9. The van der Waals surface area contributed by atoms with Gasteiger partial charge in [0.05, 0.1) is 5.56 Å². The number of carboxylic acids is 1. The first-order valence-electron chi connectivity index (χ1n) is 5.95. The number of hydrogen-bond acceptors (Lipinski definition) is 4. The van der Waals surface area contributed by atoms with Gasteiger partial charge in [0.25, 0.3) is 5.91 Å². The zero-order valence-corrected chi connectivity index (χ0v) is 9.93. The van der Waals surface area contributed by atoms with Gasteiger partial charge in [0.1, 0.15) is 11.9 Å². The van der Waals surface area contributed by atoms with E-state index in [4.69, 9.17) is 0 Å². The number of nitrogens with zero attached hydrogens (tertiary/aromatic N) is 2. The standard InChI is InChI=1S/C12H15N3O3/c16-10(9-6-13-8-14-7-9)15-12(11(17)18)4-2-1-3-5-12/h6-8H,1-5H2,(H,15,16)(H,17,18). The van der Waals surface area contributed by atoms with Crippen LogP contribution in [0, 0.1) is 0 Å². The number of amides is 1. The first kappa shape index (κ1) is 12.5. The fourth-order valence-electron chi connectivity index (χ4n) is 2.25. The lowest BCUT2D eigenvalue weighted by Crippen LogP contribution is -2.55. The maximum atomic E-state index is 12.0. The van der Waals surface area contributed by atoms with E-state index in [-0.39, 0.29) is 5.56 Å². The lowest BCUT2D eigenvalue weighted by molar-refractivity contribution is -0.145. The Morgan fingerprint density at radius 1 is 1.17 bits per heavy atom. The van der Waals surface area contributed by atoms with Gasteiger partial charge in [0.2, 0.25) is 0 Å². The lowest BCUT2D eigenvalue weighted by atomic mass is 9.81. The van der Waals surface area contributed by atoms with Crippen LogP contribution >= 0.6 is 0 Å². The second kappa shape index (κ2) is 5.12. The van der Waals surface area contributed by atoms with E-state index in [2.05, 4.69) is 15.3 Å². The molecule has 6 heteroatoms. The Morgan fingerprint density at radius 3 is 2.33 bits per heavy atom. The molecular formula is C12H15N3O3. The zero-order valence-electron chi connectivity index (χ0n) is 9.93. The molecule has 0 aliphatic heterocycles. The molecular weight excluding hydrogens is 234 g/mol. The number of nitrogens with one attached hydrogen (secondary N) is 1. The van der Waals surface area contributed by atoms with Crippen molar-refractivity contribution in [1.82, 2.24) is 15.3 Å². The molecule has 1 heterocycles. The SMILES string of the molecule is O=C(NC1(C(=O)O)CCCCC1)c1cncnc1. The molecule has 0 atom stereocenters. The fraction of sp³-hybridized carbons (Fsp3) is 0.500. The second-order valence-electron chi connectivity index (χ2n) is 4.53. The molecule has 1 aliphatic carbocycles. The quantitative estimate of drug-likeness (QED) is 0.833. The van der Waals surface area contributed by atoms with Gasteiger partial charge in [-0.25, -0.2) is 14.8 Å². The van der Waals surface area contributed by atoms with Crippen molar-refractivity contribution >= 4 is 11.9 Å². The van der Waals surface area contributed by atoms with Crippen LogP contribution in [0.2, 0.25) is 0 Å². The van der Waals surface area contributed by atoms with Crippen molar-refractivity contribution in [3.05, 3.63) is 24.3 Å². The monoisotopic (exact) mass is 249 g/mol. The highest BCUT2D eigenvalue weighted by Gasteiger charge is 2.41. The summed E-state index contributed by atoms with van der Waals surface area (Å²) in [5, 5.41) is 12.0. The smallest absolute Gasteiger partial charge is 0.329 e. The van der Waals surface area contributed by atoms with E-state index in [9.17, 15) is 14.7 Å². The van der Waals surface area contributed by atoms with Gasteiger partial charge in [0.15, 0.2) is 0 Å². The van der Waals surface area contributed by atoms with E-state index in [0.29, 0.717) is 12.8 Å². The predicted molar refractivity (Wildman–Crippen MR) is 63.0 cm³/mol. The van der Waals surface area contributed by atoms with Crippen LogP contribution in [0.15, 0.2) is 18.7 Å². The summed E-state index contributed by atoms with van der Waals surface area (Å²) in [6, 6.07) is 0. The van der Waals surface area contributed by atoms with Crippen LogP contribution in [0.25, 0.3) is 0 Å². The van der Waals surface area contributed by atoms with Crippen LogP contribution in [0.5, 0.6) is 0 Å².